The summed E-state index contributed by atoms with van der Waals surface area (Å²) >= 11 is 0. The summed E-state index contributed by atoms with van der Waals surface area (Å²) in [6.07, 6.45) is 0. The van der Waals surface area contributed by atoms with Gasteiger partial charge in [-0.25, -0.2) is 0 Å². The number of aliphatic hydroxyl groups is 1. The molecule has 2 aromatic rings. The van der Waals surface area contributed by atoms with Crippen LogP contribution in [0.25, 0.3) is 0 Å². The summed E-state index contributed by atoms with van der Waals surface area (Å²) in [7, 11) is 3.01. The molecule has 0 heterocycles. The van der Waals surface area contributed by atoms with Crippen LogP contribution >= 0.6 is 0 Å². The maximum absolute atomic E-state index is 12.4. The highest BCUT2D eigenvalue weighted by atomic mass is 16.5. The molecule has 110 valence electrons. The van der Waals surface area contributed by atoms with Gasteiger partial charge in [0.1, 0.15) is 0 Å². The van der Waals surface area contributed by atoms with Crippen molar-refractivity contribution in [1.29, 1.82) is 0 Å². The van der Waals surface area contributed by atoms with Crippen LogP contribution in [0.3, 0.4) is 0 Å². The van der Waals surface area contributed by atoms with Gasteiger partial charge in [0, 0.05) is 5.69 Å². The first-order chi connectivity index (χ1) is 10.2. The number of benzene rings is 2. The monoisotopic (exact) mass is 287 g/mol. The lowest BCUT2D eigenvalue weighted by atomic mass is 10.1. The van der Waals surface area contributed by atoms with E-state index in [0.717, 1.165) is 5.56 Å². The molecule has 0 aliphatic heterocycles. The van der Waals surface area contributed by atoms with E-state index >= 15 is 0 Å². The number of anilines is 1. The van der Waals surface area contributed by atoms with Gasteiger partial charge in [0.2, 0.25) is 0 Å². The molecule has 0 fully saturated rings. The summed E-state index contributed by atoms with van der Waals surface area (Å²) in [6.45, 7) is -0.0772. The molecule has 0 aliphatic carbocycles. The average molecular weight is 287 g/mol. The number of hydrogen-bond acceptors (Lipinski definition) is 4. The summed E-state index contributed by atoms with van der Waals surface area (Å²) in [6, 6.07) is 12.1. The van der Waals surface area contributed by atoms with Crippen LogP contribution in [0.1, 0.15) is 15.9 Å². The number of nitrogens with one attached hydrogen (secondary N) is 1. The van der Waals surface area contributed by atoms with Crippen LogP contribution in [-0.4, -0.2) is 25.2 Å². The van der Waals surface area contributed by atoms with Crippen LogP contribution in [0, 0.1) is 0 Å². The first-order valence-electron chi connectivity index (χ1n) is 6.41. The zero-order chi connectivity index (χ0) is 15.2. The van der Waals surface area contributed by atoms with E-state index in [0.29, 0.717) is 22.7 Å². The SMILES string of the molecule is COc1cccc(C(=O)Nc2cccc(CO)c2)c1OC. The van der Waals surface area contributed by atoms with Crippen LogP contribution in [0.4, 0.5) is 5.69 Å². The van der Waals surface area contributed by atoms with Crippen LogP contribution in [0.2, 0.25) is 0 Å². The zero-order valence-corrected chi connectivity index (χ0v) is 11.9. The molecule has 0 atom stereocenters. The smallest absolute Gasteiger partial charge is 0.259 e. The highest BCUT2D eigenvalue weighted by Gasteiger charge is 2.16. The van der Waals surface area contributed by atoms with Gasteiger partial charge in [-0.2, -0.15) is 0 Å². The topological polar surface area (TPSA) is 67.8 Å². The Bertz CT molecular complexity index is 640. The number of carbonyl (C=O) groups excluding carboxylic acids is 1. The fraction of sp³-hybridized carbons (Fsp3) is 0.188. The number of rotatable bonds is 5. The maximum atomic E-state index is 12.4. The van der Waals surface area contributed by atoms with Crippen LogP contribution < -0.4 is 14.8 Å². The summed E-state index contributed by atoms with van der Waals surface area (Å²) in [4.78, 5) is 12.4. The standard InChI is InChI=1S/C16H17NO4/c1-20-14-8-4-7-13(15(14)21-2)16(19)17-12-6-3-5-11(9-12)10-18/h3-9,18H,10H2,1-2H3,(H,17,19). The summed E-state index contributed by atoms with van der Waals surface area (Å²) in [5, 5.41) is 11.9. The average Bonchev–Trinajstić information content (AvgIpc) is 2.53. The third-order valence-corrected chi connectivity index (χ3v) is 3.01. The molecule has 0 aromatic heterocycles. The third kappa shape index (κ3) is 3.32. The summed E-state index contributed by atoms with van der Waals surface area (Å²) in [5.74, 6) is 0.575. The van der Waals surface area contributed by atoms with E-state index in [1.807, 2.05) is 0 Å². The van der Waals surface area contributed by atoms with Crippen molar-refractivity contribution in [3.05, 3.63) is 53.6 Å². The molecule has 0 saturated heterocycles. The minimum atomic E-state index is -0.305. The first kappa shape index (κ1) is 14.9. The molecule has 0 radical (unpaired) electrons. The fourth-order valence-corrected chi connectivity index (χ4v) is 2.01. The lowest BCUT2D eigenvalue weighted by molar-refractivity contribution is 0.102. The second-order valence-corrected chi connectivity index (χ2v) is 4.35. The van der Waals surface area contributed by atoms with Crippen molar-refractivity contribution < 1.29 is 19.4 Å². The van der Waals surface area contributed by atoms with Gasteiger partial charge in [-0.3, -0.25) is 4.79 Å². The van der Waals surface area contributed by atoms with E-state index in [1.54, 1.807) is 42.5 Å². The molecule has 5 heteroatoms. The molecular weight excluding hydrogens is 270 g/mol. The molecule has 0 aliphatic rings. The number of carbonyl (C=O) groups is 1. The van der Waals surface area contributed by atoms with Crippen LogP contribution in [0.15, 0.2) is 42.5 Å². The molecule has 21 heavy (non-hydrogen) atoms. The molecule has 1 amide bonds. The number of methoxy groups -OCH3 is 2. The number of amides is 1. The second-order valence-electron chi connectivity index (χ2n) is 4.35. The Morgan fingerprint density at radius 2 is 1.90 bits per heavy atom. The Hall–Kier alpha value is -2.53. The van der Waals surface area contributed by atoms with Crippen molar-refractivity contribution in [2.45, 2.75) is 6.61 Å². The Kier molecular flexibility index (Phi) is 4.79. The molecular formula is C16H17NO4. The van der Waals surface area contributed by atoms with Gasteiger partial charge < -0.3 is 19.9 Å². The number of hydrogen-bond donors (Lipinski definition) is 2. The normalized spacial score (nSPS) is 10.0. The molecule has 2 aromatic carbocycles. The van der Waals surface area contributed by atoms with Crippen molar-refractivity contribution in [3.63, 3.8) is 0 Å². The molecule has 0 saturated carbocycles. The Morgan fingerprint density at radius 3 is 2.57 bits per heavy atom. The summed E-state index contributed by atoms with van der Waals surface area (Å²) < 4.78 is 10.4. The second kappa shape index (κ2) is 6.76. The van der Waals surface area contributed by atoms with Gasteiger partial charge >= 0.3 is 0 Å². The maximum Gasteiger partial charge on any atom is 0.259 e. The Balaban J connectivity index is 2.28. The molecule has 0 unspecified atom stereocenters. The summed E-state index contributed by atoms with van der Waals surface area (Å²) in [5.41, 5.74) is 1.72. The van der Waals surface area contributed by atoms with E-state index in [9.17, 15) is 4.79 Å². The van der Waals surface area contributed by atoms with E-state index in [-0.39, 0.29) is 12.5 Å². The van der Waals surface area contributed by atoms with E-state index in [1.165, 1.54) is 14.2 Å². The quantitative estimate of drug-likeness (QED) is 0.886. The van der Waals surface area contributed by atoms with Gasteiger partial charge in [-0.15, -0.1) is 0 Å². The van der Waals surface area contributed by atoms with Crippen LogP contribution in [-0.2, 0) is 6.61 Å². The van der Waals surface area contributed by atoms with Crippen molar-refractivity contribution in [3.8, 4) is 11.5 Å². The molecule has 2 rings (SSSR count). The van der Waals surface area contributed by atoms with Crippen LogP contribution in [0.5, 0.6) is 11.5 Å². The van der Waals surface area contributed by atoms with Gasteiger partial charge in [0.05, 0.1) is 26.4 Å². The van der Waals surface area contributed by atoms with Crippen molar-refractivity contribution in [2.75, 3.05) is 19.5 Å². The highest BCUT2D eigenvalue weighted by molar-refractivity contribution is 6.06. The fourth-order valence-electron chi connectivity index (χ4n) is 2.01. The Labute approximate surface area is 123 Å². The predicted octanol–water partition coefficient (Wildman–Crippen LogP) is 2.45. The van der Waals surface area contributed by atoms with Gasteiger partial charge in [0.15, 0.2) is 11.5 Å². The van der Waals surface area contributed by atoms with Crippen molar-refractivity contribution in [1.82, 2.24) is 0 Å². The lowest BCUT2D eigenvalue weighted by Crippen LogP contribution is -2.13. The van der Waals surface area contributed by atoms with E-state index in [2.05, 4.69) is 5.32 Å². The molecule has 0 bridgehead atoms. The van der Waals surface area contributed by atoms with Gasteiger partial charge in [0.25, 0.3) is 5.91 Å². The Morgan fingerprint density at radius 1 is 1.14 bits per heavy atom. The number of para-hydroxylation sites is 1. The van der Waals surface area contributed by atoms with E-state index in [4.69, 9.17) is 14.6 Å². The highest BCUT2D eigenvalue weighted by Crippen LogP contribution is 2.31. The van der Waals surface area contributed by atoms with Crippen molar-refractivity contribution in [2.24, 2.45) is 0 Å². The molecule has 0 spiro atoms. The molecule has 2 N–H and O–H groups in total. The van der Waals surface area contributed by atoms with Crippen molar-refractivity contribution >= 4 is 11.6 Å². The zero-order valence-electron chi connectivity index (χ0n) is 11.9. The van der Waals surface area contributed by atoms with Gasteiger partial charge in [-0.1, -0.05) is 18.2 Å². The van der Waals surface area contributed by atoms with E-state index < -0.39 is 0 Å². The van der Waals surface area contributed by atoms with Gasteiger partial charge in [-0.05, 0) is 29.8 Å². The number of aliphatic hydroxyl groups excluding tert-OH is 1. The third-order valence-electron chi connectivity index (χ3n) is 3.01. The predicted molar refractivity (Wildman–Crippen MR) is 79.9 cm³/mol. The number of ether oxygens (including phenoxy) is 2. The largest absolute Gasteiger partial charge is 0.493 e. The first-order valence-corrected chi connectivity index (χ1v) is 6.41. The lowest BCUT2D eigenvalue weighted by Gasteiger charge is -2.12. The minimum absolute atomic E-state index is 0.0772. The molecule has 5 nitrogen and oxygen atoms in total. The minimum Gasteiger partial charge on any atom is -0.493 e.